The molecule has 0 aromatic rings. The molecule has 1 aliphatic carbocycles. The molecular weight excluding hydrogens is 790 g/mol. The van der Waals surface area contributed by atoms with Gasteiger partial charge in [-0.25, -0.2) is 4.79 Å². The van der Waals surface area contributed by atoms with Crippen LogP contribution >= 0.6 is 0 Å². The Labute approximate surface area is 362 Å². The predicted molar refractivity (Wildman–Crippen MR) is 226 cm³/mol. The molecule has 3 rings (SSSR count). The largest absolute Gasteiger partial charge is 0.481 e. The maximum atomic E-state index is 14.3. The second-order valence-corrected chi connectivity index (χ2v) is 18.0. The Kier molecular flexibility index (Phi) is 22.2. The summed E-state index contributed by atoms with van der Waals surface area (Å²) < 4.78 is 29.9. The number of fused-ring (bicyclic) bond motifs is 1. The van der Waals surface area contributed by atoms with Crippen LogP contribution in [0.3, 0.4) is 0 Å². The smallest absolute Gasteiger partial charge is 0.329 e. The first kappa shape index (κ1) is 52.3. The topological polar surface area (TPSA) is 216 Å². The number of aliphatic carboxylic acids is 1. The monoisotopic (exact) mass is 866 g/mol. The van der Waals surface area contributed by atoms with Crippen molar-refractivity contribution in [3.05, 3.63) is 23.3 Å². The van der Waals surface area contributed by atoms with Gasteiger partial charge in [-0.15, -0.1) is 0 Å². The summed E-state index contributed by atoms with van der Waals surface area (Å²) in [5.41, 5.74) is 1.51. The van der Waals surface area contributed by atoms with Gasteiger partial charge in [0.15, 0.2) is 0 Å². The molecule has 3 aliphatic rings. The number of piperidine rings is 1. The number of amides is 1. The highest BCUT2D eigenvalue weighted by atomic mass is 16.6. The van der Waals surface area contributed by atoms with Gasteiger partial charge in [0.25, 0.3) is 5.91 Å². The van der Waals surface area contributed by atoms with Gasteiger partial charge < -0.3 is 49.0 Å². The SMILES string of the molecule is CO[C@@H](C[C@@H](C)CO)[C@@H]1OCC(=O)C(=O)N2CCCC[C@H]2C(=O)O[C@H](/C(C)=C/[C@@H]2CC[C@@H](O)[C@H](OC)C2)[C@H](C)[C@@H](O)CC(=O)[C@H](CCCC(=O)O)/C=C(\C)C[C@H](C)C[C@@H]1OC. The molecule has 1 saturated carbocycles. The summed E-state index contributed by atoms with van der Waals surface area (Å²) in [6.07, 6.45) is 3.10. The summed E-state index contributed by atoms with van der Waals surface area (Å²) >= 11 is 0. The molecule has 348 valence electrons. The Hall–Kier alpha value is -3.05. The van der Waals surface area contributed by atoms with E-state index in [-0.39, 0.29) is 74.9 Å². The lowest BCUT2D eigenvalue weighted by Gasteiger charge is -2.37. The standard InChI is InChI=1S/C46H75NO14/c1-27-18-28(2)20-40(58-7)44(41(59-8)21-29(3)25-48)60-26-38(52)45(55)47-17-10-9-13-34(47)46(56)61-43(30(4)22-32-15-16-35(49)39(23-32)57-6)31(5)36(50)24-37(51)33(19-27)12-11-14-42(53)54/h19,22,28-29,31-36,39-41,43-44,48-50H,9-18,20-21,23-26H2,1-8H3,(H,53,54)/b27-19+,30-22+/t28-,29+,31+,32-,33+,34-,35+,36-,39+,40-,41-,43+,44+/m0/s1. The van der Waals surface area contributed by atoms with Crippen LogP contribution in [-0.2, 0) is 47.7 Å². The van der Waals surface area contributed by atoms with Gasteiger partial charge in [0.2, 0.25) is 5.78 Å². The Morgan fingerprint density at radius 1 is 0.984 bits per heavy atom. The summed E-state index contributed by atoms with van der Waals surface area (Å²) in [4.78, 5) is 68.8. The fourth-order valence-electron chi connectivity index (χ4n) is 9.30. The molecule has 15 heteroatoms. The lowest BCUT2D eigenvalue weighted by atomic mass is 9.81. The van der Waals surface area contributed by atoms with Crippen molar-refractivity contribution >= 4 is 29.4 Å². The number of ketones is 2. The zero-order chi connectivity index (χ0) is 45.4. The van der Waals surface area contributed by atoms with Crippen LogP contribution in [0.1, 0.15) is 118 Å². The van der Waals surface area contributed by atoms with E-state index in [1.54, 1.807) is 21.0 Å². The third kappa shape index (κ3) is 15.9. The number of ether oxygens (including phenoxy) is 5. The molecule has 0 radical (unpaired) electrons. The molecule has 61 heavy (non-hydrogen) atoms. The first-order chi connectivity index (χ1) is 28.9. The number of hydrogen-bond donors (Lipinski definition) is 4. The maximum absolute atomic E-state index is 14.3. The van der Waals surface area contributed by atoms with Gasteiger partial charge in [0.1, 0.15) is 30.6 Å². The van der Waals surface area contributed by atoms with E-state index in [0.717, 1.165) is 5.57 Å². The van der Waals surface area contributed by atoms with Crippen LogP contribution in [0.25, 0.3) is 0 Å². The Morgan fingerprint density at radius 2 is 1.69 bits per heavy atom. The quantitative estimate of drug-likeness (QED) is 0.113. The summed E-state index contributed by atoms with van der Waals surface area (Å²) in [6, 6.07) is -1.09. The number of carbonyl (C=O) groups excluding carboxylic acids is 4. The van der Waals surface area contributed by atoms with Crippen LogP contribution in [0, 0.1) is 29.6 Å². The normalized spacial score (nSPS) is 34.3. The third-order valence-electron chi connectivity index (χ3n) is 12.9. The first-order valence-corrected chi connectivity index (χ1v) is 22.3. The minimum atomic E-state index is -1.26. The van der Waals surface area contributed by atoms with Gasteiger partial charge in [-0.2, -0.15) is 0 Å². The zero-order valence-electron chi connectivity index (χ0n) is 37.8. The van der Waals surface area contributed by atoms with Crippen LogP contribution in [-0.4, -0.2) is 145 Å². The number of methoxy groups -OCH3 is 3. The number of aliphatic hydroxyl groups is 3. The Morgan fingerprint density at radius 3 is 2.33 bits per heavy atom. The molecule has 13 atom stereocenters. The summed E-state index contributed by atoms with van der Waals surface area (Å²) in [7, 11) is 4.59. The maximum Gasteiger partial charge on any atom is 0.329 e. The minimum Gasteiger partial charge on any atom is -0.481 e. The minimum absolute atomic E-state index is 0.0336. The first-order valence-electron chi connectivity index (χ1n) is 22.3. The van der Waals surface area contributed by atoms with Crippen LogP contribution in [0.15, 0.2) is 23.3 Å². The van der Waals surface area contributed by atoms with Crippen LogP contribution in [0.4, 0.5) is 0 Å². The van der Waals surface area contributed by atoms with E-state index >= 15 is 0 Å². The number of carbonyl (C=O) groups is 5. The highest BCUT2D eigenvalue weighted by Gasteiger charge is 2.41. The molecule has 0 aromatic heterocycles. The van der Waals surface area contributed by atoms with E-state index in [1.165, 1.54) is 19.1 Å². The average Bonchev–Trinajstić information content (AvgIpc) is 3.23. The van der Waals surface area contributed by atoms with Crippen molar-refractivity contribution in [1.29, 1.82) is 0 Å². The molecular formula is C46H75NO14. The van der Waals surface area contributed by atoms with Gasteiger partial charge in [0, 0.05) is 59.2 Å². The number of Topliss-reactive ketones (excluding diaryl/α,β-unsaturated/α-hetero) is 2. The third-order valence-corrected chi connectivity index (χ3v) is 12.9. The molecule has 2 fully saturated rings. The predicted octanol–water partition coefficient (Wildman–Crippen LogP) is 4.61. The number of carboxylic acids is 1. The molecule has 2 heterocycles. The molecule has 0 aromatic carbocycles. The number of aliphatic hydroxyl groups excluding tert-OH is 3. The van der Waals surface area contributed by atoms with Crippen molar-refractivity contribution in [2.45, 2.75) is 167 Å². The van der Waals surface area contributed by atoms with Gasteiger partial charge in [0.05, 0.1) is 30.5 Å². The highest BCUT2D eigenvalue weighted by molar-refractivity contribution is 6.37. The van der Waals surface area contributed by atoms with E-state index in [9.17, 15) is 44.4 Å². The van der Waals surface area contributed by atoms with Crippen LogP contribution < -0.4 is 0 Å². The molecule has 2 aliphatic heterocycles. The molecule has 4 N–H and O–H groups in total. The summed E-state index contributed by atoms with van der Waals surface area (Å²) in [5, 5.41) is 41.5. The van der Waals surface area contributed by atoms with Gasteiger partial charge in [-0.05, 0) is 108 Å². The van der Waals surface area contributed by atoms with E-state index < -0.39 is 84.7 Å². The number of esters is 1. The highest BCUT2D eigenvalue weighted by Crippen LogP contribution is 2.33. The second kappa shape index (κ2) is 25.9. The summed E-state index contributed by atoms with van der Waals surface area (Å²) in [5.74, 6) is -5.42. The van der Waals surface area contributed by atoms with Crippen molar-refractivity contribution in [2.75, 3.05) is 41.1 Å². The van der Waals surface area contributed by atoms with Crippen molar-refractivity contribution in [1.82, 2.24) is 4.90 Å². The van der Waals surface area contributed by atoms with Gasteiger partial charge in [-0.3, -0.25) is 19.2 Å². The fraction of sp³-hybridized carbons (Fsp3) is 0.804. The van der Waals surface area contributed by atoms with E-state index in [1.807, 2.05) is 32.9 Å². The Balaban J connectivity index is 2.10. The number of cyclic esters (lactones) is 1. The second-order valence-electron chi connectivity index (χ2n) is 18.0. The zero-order valence-corrected chi connectivity index (χ0v) is 37.8. The number of carboxylic acid groups (broad SMARTS) is 1. The number of allylic oxidation sites excluding steroid dienone is 3. The summed E-state index contributed by atoms with van der Waals surface area (Å²) in [6.45, 7) is 8.71. The van der Waals surface area contributed by atoms with Crippen molar-refractivity contribution < 1.29 is 68.1 Å². The molecule has 1 amide bonds. The lowest BCUT2D eigenvalue weighted by molar-refractivity contribution is -0.167. The number of hydrogen-bond acceptors (Lipinski definition) is 13. The van der Waals surface area contributed by atoms with Crippen LogP contribution in [0.2, 0.25) is 0 Å². The molecule has 0 spiro atoms. The molecule has 0 bridgehead atoms. The number of rotatable bonds is 13. The van der Waals surface area contributed by atoms with E-state index in [0.29, 0.717) is 56.9 Å². The van der Waals surface area contributed by atoms with Crippen molar-refractivity contribution in [2.24, 2.45) is 29.6 Å². The van der Waals surface area contributed by atoms with Gasteiger partial charge in [-0.1, -0.05) is 38.5 Å². The average molecular weight is 866 g/mol. The fourth-order valence-corrected chi connectivity index (χ4v) is 9.30. The molecule has 15 nitrogen and oxygen atoms in total. The molecule has 1 saturated heterocycles. The van der Waals surface area contributed by atoms with E-state index in [4.69, 9.17) is 23.7 Å². The Bertz CT molecular complexity index is 1500. The number of nitrogens with zero attached hydrogens (tertiary/aromatic N) is 1. The van der Waals surface area contributed by atoms with E-state index in [2.05, 4.69) is 0 Å². The van der Waals surface area contributed by atoms with Crippen LogP contribution in [0.5, 0.6) is 0 Å². The molecule has 0 unspecified atom stereocenters. The lowest BCUT2D eigenvalue weighted by Crippen LogP contribution is -2.53. The van der Waals surface area contributed by atoms with Crippen molar-refractivity contribution in [3.8, 4) is 0 Å². The van der Waals surface area contributed by atoms with Crippen molar-refractivity contribution in [3.63, 3.8) is 0 Å². The van der Waals surface area contributed by atoms with Gasteiger partial charge >= 0.3 is 11.9 Å².